The molecule has 0 aliphatic carbocycles. The lowest BCUT2D eigenvalue weighted by Gasteiger charge is -2.22. The van der Waals surface area contributed by atoms with Gasteiger partial charge in [0.1, 0.15) is 25.5 Å². The molecule has 3 aliphatic rings. The van der Waals surface area contributed by atoms with Crippen molar-refractivity contribution in [1.29, 1.82) is 0 Å². The number of benzene rings is 2. The zero-order valence-corrected chi connectivity index (χ0v) is 17.1. The first-order valence-electron chi connectivity index (χ1n) is 9.94. The zero-order chi connectivity index (χ0) is 22.2. The van der Waals surface area contributed by atoms with Crippen LogP contribution in [0.1, 0.15) is 0 Å². The third kappa shape index (κ3) is 3.27. The summed E-state index contributed by atoms with van der Waals surface area (Å²) in [5.74, 6) is 0.0698. The van der Waals surface area contributed by atoms with Crippen molar-refractivity contribution in [2.45, 2.75) is 12.1 Å². The number of hydrogen-bond donors (Lipinski definition) is 1. The molecule has 0 unspecified atom stereocenters. The normalized spacial score (nSPS) is 21.0. The number of carbonyl (C=O) groups excluding carboxylic acids is 3. The fraction of sp³-hybridized carbons (Fsp3) is 0.286. The number of nitrogens with zero attached hydrogens (tertiary/aromatic N) is 4. The van der Waals surface area contributed by atoms with Crippen LogP contribution in [-0.2, 0) is 14.4 Å². The fourth-order valence-electron chi connectivity index (χ4n) is 3.86. The van der Waals surface area contributed by atoms with Gasteiger partial charge < -0.3 is 19.5 Å². The van der Waals surface area contributed by atoms with Crippen LogP contribution < -0.4 is 24.4 Å². The number of hydrogen-bond acceptors (Lipinski definition) is 9. The molecule has 32 heavy (non-hydrogen) atoms. The van der Waals surface area contributed by atoms with E-state index in [1.165, 1.54) is 12.1 Å². The minimum absolute atomic E-state index is 0.253. The number of rotatable bonds is 5. The highest BCUT2D eigenvalue weighted by Gasteiger charge is 2.55. The average Bonchev–Trinajstić information content (AvgIpc) is 3.33. The van der Waals surface area contributed by atoms with Gasteiger partial charge >= 0.3 is 0 Å². The van der Waals surface area contributed by atoms with Gasteiger partial charge in [-0.1, -0.05) is 17.4 Å². The molecule has 1 saturated heterocycles. The second kappa shape index (κ2) is 7.84. The number of imide groups is 1. The van der Waals surface area contributed by atoms with E-state index in [0.29, 0.717) is 41.8 Å². The predicted molar refractivity (Wildman–Crippen MR) is 111 cm³/mol. The van der Waals surface area contributed by atoms with Crippen LogP contribution >= 0.6 is 0 Å². The van der Waals surface area contributed by atoms with E-state index in [1.54, 1.807) is 42.5 Å². The Morgan fingerprint density at radius 2 is 1.91 bits per heavy atom. The zero-order valence-electron chi connectivity index (χ0n) is 17.1. The van der Waals surface area contributed by atoms with E-state index < -0.39 is 29.8 Å². The van der Waals surface area contributed by atoms with Crippen molar-refractivity contribution in [2.75, 3.05) is 37.1 Å². The van der Waals surface area contributed by atoms with Crippen molar-refractivity contribution in [3.63, 3.8) is 0 Å². The van der Waals surface area contributed by atoms with Gasteiger partial charge in [-0.15, -0.1) is 0 Å². The molecule has 2 atom stereocenters. The summed E-state index contributed by atoms with van der Waals surface area (Å²) in [4.78, 5) is 39.7. The highest BCUT2D eigenvalue weighted by Crippen LogP contribution is 2.37. The quantitative estimate of drug-likeness (QED) is 0.702. The molecule has 2 aromatic rings. The summed E-state index contributed by atoms with van der Waals surface area (Å²) < 4.78 is 16.3. The predicted octanol–water partition coefficient (Wildman–Crippen LogP) is 1.40. The number of methoxy groups -OCH3 is 1. The molecule has 1 fully saturated rings. The standard InChI is InChI=1S/C21H19N5O6/c1-30-14-5-3-2-4-13(14)22-17(27)11-25-19-18(23-24-25)20(28)26(21(19)29)12-6-7-15-16(10-12)32-9-8-31-15/h2-7,10,18-19H,8-9,11H2,1H3,(H,22,27)/t18-,19-/m0/s1. The second-order valence-corrected chi connectivity index (χ2v) is 7.28. The Hall–Kier alpha value is -4.15. The average molecular weight is 437 g/mol. The summed E-state index contributed by atoms with van der Waals surface area (Å²) in [6, 6.07) is 9.80. The van der Waals surface area contributed by atoms with Crippen molar-refractivity contribution in [3.05, 3.63) is 42.5 Å². The lowest BCUT2D eigenvalue weighted by Crippen LogP contribution is -2.43. The number of anilines is 2. The molecule has 0 bridgehead atoms. The minimum Gasteiger partial charge on any atom is -0.495 e. The number of carbonyl (C=O) groups is 3. The van der Waals surface area contributed by atoms with Crippen molar-refractivity contribution in [3.8, 4) is 17.2 Å². The SMILES string of the molecule is COc1ccccc1NC(=O)CN1N=N[C@@H]2C(=O)N(c3ccc4c(c3)OCCO4)C(=O)[C@H]21. The van der Waals surface area contributed by atoms with Crippen LogP contribution in [0.5, 0.6) is 17.2 Å². The minimum atomic E-state index is -1.00. The van der Waals surface area contributed by atoms with Gasteiger partial charge in [0.05, 0.1) is 18.5 Å². The Morgan fingerprint density at radius 1 is 1.12 bits per heavy atom. The Bertz CT molecular complexity index is 1140. The fourth-order valence-corrected chi connectivity index (χ4v) is 3.86. The molecule has 3 amide bonds. The summed E-state index contributed by atoms with van der Waals surface area (Å²) in [5.41, 5.74) is 0.840. The van der Waals surface area contributed by atoms with Crippen LogP contribution in [0.4, 0.5) is 11.4 Å². The first-order chi connectivity index (χ1) is 15.6. The number of para-hydroxylation sites is 2. The van der Waals surface area contributed by atoms with Crippen LogP contribution in [0.2, 0.25) is 0 Å². The van der Waals surface area contributed by atoms with Gasteiger partial charge in [0.25, 0.3) is 11.8 Å². The van der Waals surface area contributed by atoms with Crippen LogP contribution in [0.15, 0.2) is 52.8 Å². The second-order valence-electron chi connectivity index (χ2n) is 7.28. The van der Waals surface area contributed by atoms with Crippen LogP contribution in [-0.4, -0.2) is 61.7 Å². The first kappa shape index (κ1) is 19.8. The summed E-state index contributed by atoms with van der Waals surface area (Å²) >= 11 is 0. The number of fused-ring (bicyclic) bond motifs is 2. The molecule has 0 spiro atoms. The van der Waals surface area contributed by atoms with E-state index in [-0.39, 0.29) is 6.54 Å². The highest BCUT2D eigenvalue weighted by atomic mass is 16.6. The van der Waals surface area contributed by atoms with Gasteiger partial charge in [0.15, 0.2) is 23.6 Å². The molecule has 5 rings (SSSR count). The maximum atomic E-state index is 13.1. The van der Waals surface area contributed by atoms with E-state index in [9.17, 15) is 14.4 Å². The lowest BCUT2D eigenvalue weighted by molar-refractivity contribution is -0.123. The first-order valence-corrected chi connectivity index (χ1v) is 9.94. The summed E-state index contributed by atoms with van der Waals surface area (Å²) in [6.07, 6.45) is 0. The topological polar surface area (TPSA) is 122 Å². The largest absolute Gasteiger partial charge is 0.495 e. The van der Waals surface area contributed by atoms with E-state index in [2.05, 4.69) is 15.7 Å². The molecule has 3 heterocycles. The molecule has 164 valence electrons. The maximum absolute atomic E-state index is 13.1. The van der Waals surface area contributed by atoms with E-state index in [1.807, 2.05) is 0 Å². The van der Waals surface area contributed by atoms with E-state index >= 15 is 0 Å². The van der Waals surface area contributed by atoms with Crippen molar-refractivity contribution in [1.82, 2.24) is 5.01 Å². The van der Waals surface area contributed by atoms with Gasteiger partial charge in [-0.25, -0.2) is 4.90 Å². The van der Waals surface area contributed by atoms with Gasteiger partial charge in [-0.3, -0.25) is 19.4 Å². The van der Waals surface area contributed by atoms with Crippen LogP contribution in [0.25, 0.3) is 0 Å². The third-order valence-electron chi connectivity index (χ3n) is 5.33. The Labute approximate surface area is 182 Å². The summed E-state index contributed by atoms with van der Waals surface area (Å²) in [7, 11) is 1.50. The molecule has 2 aromatic carbocycles. The third-order valence-corrected chi connectivity index (χ3v) is 5.33. The molecular weight excluding hydrogens is 418 g/mol. The van der Waals surface area contributed by atoms with Gasteiger partial charge in [0, 0.05) is 6.07 Å². The van der Waals surface area contributed by atoms with Crippen molar-refractivity contribution >= 4 is 29.1 Å². The highest BCUT2D eigenvalue weighted by molar-refractivity contribution is 6.25. The van der Waals surface area contributed by atoms with Crippen LogP contribution in [0.3, 0.4) is 0 Å². The molecule has 1 N–H and O–H groups in total. The van der Waals surface area contributed by atoms with Crippen molar-refractivity contribution < 1.29 is 28.6 Å². The van der Waals surface area contributed by atoms with Gasteiger partial charge in [-0.05, 0) is 24.3 Å². The molecule has 0 aromatic heterocycles. The van der Waals surface area contributed by atoms with Gasteiger partial charge in [0.2, 0.25) is 5.91 Å². The Balaban J connectivity index is 1.32. The number of nitrogens with one attached hydrogen (secondary N) is 1. The van der Waals surface area contributed by atoms with Gasteiger partial charge in [-0.2, -0.15) is 5.11 Å². The Kier molecular flexibility index (Phi) is 4.85. The number of amides is 3. The molecule has 11 nitrogen and oxygen atoms in total. The van der Waals surface area contributed by atoms with Crippen molar-refractivity contribution in [2.24, 2.45) is 10.3 Å². The molecule has 11 heteroatoms. The number of ether oxygens (including phenoxy) is 3. The summed E-state index contributed by atoms with van der Waals surface area (Å²) in [5, 5.41) is 11.8. The lowest BCUT2D eigenvalue weighted by atomic mass is 10.1. The maximum Gasteiger partial charge on any atom is 0.263 e. The summed E-state index contributed by atoms with van der Waals surface area (Å²) in [6.45, 7) is 0.563. The molecule has 3 aliphatic heterocycles. The molecule has 0 radical (unpaired) electrons. The van der Waals surface area contributed by atoms with E-state index in [0.717, 1.165) is 4.90 Å². The van der Waals surface area contributed by atoms with Crippen LogP contribution in [0, 0.1) is 0 Å². The Morgan fingerprint density at radius 3 is 2.72 bits per heavy atom. The smallest absolute Gasteiger partial charge is 0.263 e. The monoisotopic (exact) mass is 437 g/mol. The molecule has 0 saturated carbocycles. The molecular formula is C21H19N5O6. The van der Waals surface area contributed by atoms with E-state index in [4.69, 9.17) is 14.2 Å².